The second-order valence-corrected chi connectivity index (χ2v) is 4.10. The lowest BCUT2D eigenvalue weighted by Crippen LogP contribution is -2.41. The van der Waals surface area contributed by atoms with Crippen molar-refractivity contribution < 1.29 is 9.53 Å². The number of hydrogen-bond donors (Lipinski definition) is 1. The average Bonchev–Trinajstić information content (AvgIpc) is 2.49. The molecule has 1 atom stereocenters. The Kier molecular flexibility index (Phi) is 7.11. The summed E-state index contributed by atoms with van der Waals surface area (Å²) in [4.78, 5) is 11.7. The van der Waals surface area contributed by atoms with Crippen molar-refractivity contribution in [3.05, 3.63) is 35.9 Å². The van der Waals surface area contributed by atoms with Gasteiger partial charge in [-0.25, -0.2) is 0 Å². The Hall–Kier alpha value is -1.35. The fourth-order valence-electron chi connectivity index (χ4n) is 1.88. The summed E-state index contributed by atoms with van der Waals surface area (Å²) in [6.07, 6.45) is 3.16. The molecule has 1 aliphatic rings. The summed E-state index contributed by atoms with van der Waals surface area (Å²) in [7, 11) is 0. The topological polar surface area (TPSA) is 38.3 Å². The Morgan fingerprint density at radius 2 is 2.00 bits per heavy atom. The third kappa shape index (κ3) is 4.88. The van der Waals surface area contributed by atoms with Gasteiger partial charge < -0.3 is 10.1 Å². The SMILES string of the molecule is CC.O=C(OCc1ccccc1)C1CCCCN1. The van der Waals surface area contributed by atoms with Crippen LogP contribution in [0, 0.1) is 0 Å². The summed E-state index contributed by atoms with van der Waals surface area (Å²) in [5.41, 5.74) is 1.03. The lowest BCUT2D eigenvalue weighted by molar-refractivity contribution is -0.148. The van der Waals surface area contributed by atoms with Crippen LogP contribution in [0.25, 0.3) is 0 Å². The zero-order valence-electron chi connectivity index (χ0n) is 11.3. The van der Waals surface area contributed by atoms with Crippen molar-refractivity contribution in [1.29, 1.82) is 0 Å². The number of carbonyl (C=O) groups excluding carboxylic acids is 1. The van der Waals surface area contributed by atoms with E-state index in [-0.39, 0.29) is 12.0 Å². The highest BCUT2D eigenvalue weighted by atomic mass is 16.5. The van der Waals surface area contributed by atoms with E-state index in [0.29, 0.717) is 6.61 Å². The molecule has 0 aromatic heterocycles. The minimum absolute atomic E-state index is 0.0996. The maximum Gasteiger partial charge on any atom is 0.323 e. The highest BCUT2D eigenvalue weighted by Gasteiger charge is 2.21. The van der Waals surface area contributed by atoms with E-state index < -0.39 is 0 Å². The van der Waals surface area contributed by atoms with Gasteiger partial charge in [-0.3, -0.25) is 4.79 Å². The van der Waals surface area contributed by atoms with Crippen molar-refractivity contribution in [2.75, 3.05) is 6.54 Å². The van der Waals surface area contributed by atoms with Gasteiger partial charge in [0.2, 0.25) is 0 Å². The summed E-state index contributed by atoms with van der Waals surface area (Å²) in [5.74, 6) is -0.122. The molecule has 2 rings (SSSR count). The zero-order valence-corrected chi connectivity index (χ0v) is 11.3. The van der Waals surface area contributed by atoms with E-state index in [0.717, 1.165) is 31.4 Å². The van der Waals surface area contributed by atoms with Gasteiger partial charge >= 0.3 is 5.97 Å². The van der Waals surface area contributed by atoms with E-state index in [4.69, 9.17) is 4.74 Å². The number of benzene rings is 1. The first-order chi connectivity index (χ1) is 8.86. The normalized spacial score (nSPS) is 18.4. The average molecular weight is 249 g/mol. The predicted molar refractivity (Wildman–Crippen MR) is 73.2 cm³/mol. The Morgan fingerprint density at radius 1 is 1.28 bits per heavy atom. The Labute approximate surface area is 110 Å². The van der Waals surface area contributed by atoms with Crippen LogP contribution in [0.1, 0.15) is 38.7 Å². The monoisotopic (exact) mass is 249 g/mol. The molecule has 0 bridgehead atoms. The largest absolute Gasteiger partial charge is 0.460 e. The molecule has 18 heavy (non-hydrogen) atoms. The Bertz CT molecular complexity index is 332. The van der Waals surface area contributed by atoms with E-state index in [1.54, 1.807) is 0 Å². The highest BCUT2D eigenvalue weighted by Crippen LogP contribution is 2.09. The fraction of sp³-hybridized carbons (Fsp3) is 0.533. The molecule has 1 fully saturated rings. The van der Waals surface area contributed by atoms with Crippen LogP contribution in [0.5, 0.6) is 0 Å². The number of carbonyl (C=O) groups is 1. The molecular formula is C15H23NO2. The van der Waals surface area contributed by atoms with Crippen LogP contribution in [0.2, 0.25) is 0 Å². The molecule has 3 heteroatoms. The molecule has 1 heterocycles. The maximum atomic E-state index is 11.7. The third-order valence-electron chi connectivity index (χ3n) is 2.82. The summed E-state index contributed by atoms with van der Waals surface area (Å²) in [6, 6.07) is 9.67. The van der Waals surface area contributed by atoms with Gasteiger partial charge in [0.1, 0.15) is 12.6 Å². The molecule has 3 nitrogen and oxygen atoms in total. The van der Waals surface area contributed by atoms with E-state index in [2.05, 4.69) is 5.32 Å². The molecule has 0 spiro atoms. The minimum Gasteiger partial charge on any atom is -0.460 e. The van der Waals surface area contributed by atoms with E-state index in [1.807, 2.05) is 44.2 Å². The van der Waals surface area contributed by atoms with E-state index >= 15 is 0 Å². The quantitative estimate of drug-likeness (QED) is 0.837. The summed E-state index contributed by atoms with van der Waals surface area (Å²) < 4.78 is 5.27. The van der Waals surface area contributed by atoms with Gasteiger partial charge in [0.25, 0.3) is 0 Å². The van der Waals surface area contributed by atoms with E-state index in [1.165, 1.54) is 0 Å². The molecular weight excluding hydrogens is 226 g/mol. The second-order valence-electron chi connectivity index (χ2n) is 4.10. The molecule has 1 aliphatic heterocycles. The fourth-order valence-corrected chi connectivity index (χ4v) is 1.88. The van der Waals surface area contributed by atoms with Crippen molar-refractivity contribution in [1.82, 2.24) is 5.32 Å². The van der Waals surface area contributed by atoms with Crippen LogP contribution in [-0.4, -0.2) is 18.6 Å². The maximum absolute atomic E-state index is 11.7. The smallest absolute Gasteiger partial charge is 0.323 e. The molecule has 1 N–H and O–H groups in total. The number of nitrogens with one attached hydrogen (secondary N) is 1. The Balaban J connectivity index is 0.000000771. The predicted octanol–water partition coefficient (Wildman–Crippen LogP) is 2.90. The van der Waals surface area contributed by atoms with Gasteiger partial charge in [-0.2, -0.15) is 0 Å². The van der Waals surface area contributed by atoms with Gasteiger partial charge in [0, 0.05) is 0 Å². The standard InChI is InChI=1S/C13H17NO2.C2H6/c15-13(12-8-4-5-9-14-12)16-10-11-6-2-1-3-7-11;1-2/h1-3,6-7,12,14H,4-5,8-10H2;1-2H3. The first kappa shape index (κ1) is 14.7. The second kappa shape index (κ2) is 8.70. The number of esters is 1. The van der Waals surface area contributed by atoms with Gasteiger partial charge in [0.15, 0.2) is 0 Å². The first-order valence-electron chi connectivity index (χ1n) is 6.80. The molecule has 0 aliphatic carbocycles. The van der Waals surface area contributed by atoms with Crippen LogP contribution in [0.3, 0.4) is 0 Å². The summed E-state index contributed by atoms with van der Waals surface area (Å²) >= 11 is 0. The minimum atomic E-state index is -0.122. The van der Waals surface area contributed by atoms with Crippen LogP contribution in [-0.2, 0) is 16.1 Å². The summed E-state index contributed by atoms with van der Waals surface area (Å²) in [5, 5.41) is 3.18. The van der Waals surface area contributed by atoms with Crippen molar-refractivity contribution in [3.8, 4) is 0 Å². The molecule has 1 aromatic rings. The number of rotatable bonds is 3. The van der Waals surface area contributed by atoms with Gasteiger partial charge in [0.05, 0.1) is 0 Å². The Morgan fingerprint density at radius 3 is 2.61 bits per heavy atom. The third-order valence-corrected chi connectivity index (χ3v) is 2.82. The van der Waals surface area contributed by atoms with Crippen LogP contribution in [0.4, 0.5) is 0 Å². The van der Waals surface area contributed by atoms with E-state index in [9.17, 15) is 4.79 Å². The van der Waals surface area contributed by atoms with Crippen molar-refractivity contribution >= 4 is 5.97 Å². The molecule has 0 amide bonds. The van der Waals surface area contributed by atoms with Crippen LogP contribution < -0.4 is 5.32 Å². The van der Waals surface area contributed by atoms with Crippen molar-refractivity contribution in [3.63, 3.8) is 0 Å². The number of piperidine rings is 1. The van der Waals surface area contributed by atoms with Gasteiger partial charge in [-0.1, -0.05) is 50.6 Å². The lowest BCUT2D eigenvalue weighted by Gasteiger charge is -2.21. The molecule has 1 aromatic carbocycles. The van der Waals surface area contributed by atoms with Crippen molar-refractivity contribution in [2.45, 2.75) is 45.8 Å². The summed E-state index contributed by atoms with van der Waals surface area (Å²) in [6.45, 7) is 5.29. The van der Waals surface area contributed by atoms with Gasteiger partial charge in [-0.05, 0) is 24.9 Å². The number of hydrogen-bond acceptors (Lipinski definition) is 3. The van der Waals surface area contributed by atoms with Crippen LogP contribution >= 0.6 is 0 Å². The van der Waals surface area contributed by atoms with Gasteiger partial charge in [-0.15, -0.1) is 0 Å². The number of ether oxygens (including phenoxy) is 1. The molecule has 1 unspecified atom stereocenters. The van der Waals surface area contributed by atoms with Crippen LogP contribution in [0.15, 0.2) is 30.3 Å². The zero-order chi connectivity index (χ0) is 13.2. The van der Waals surface area contributed by atoms with Crippen molar-refractivity contribution in [2.24, 2.45) is 0 Å². The molecule has 100 valence electrons. The highest BCUT2D eigenvalue weighted by molar-refractivity contribution is 5.75. The lowest BCUT2D eigenvalue weighted by atomic mass is 10.1. The first-order valence-corrected chi connectivity index (χ1v) is 6.80. The molecule has 1 saturated heterocycles. The molecule has 0 saturated carbocycles. The molecule has 0 radical (unpaired) electrons.